The maximum Gasteiger partial charge on any atom is 0.255 e. The van der Waals surface area contributed by atoms with E-state index < -0.39 is 5.91 Å². The molecular weight excluding hydrogens is 256 g/mol. The van der Waals surface area contributed by atoms with E-state index >= 15 is 0 Å². The predicted molar refractivity (Wildman–Crippen MR) is 75.6 cm³/mol. The van der Waals surface area contributed by atoms with Gasteiger partial charge in [0.2, 0.25) is 5.91 Å². The molecule has 1 fully saturated rings. The summed E-state index contributed by atoms with van der Waals surface area (Å²) in [7, 11) is 0. The Morgan fingerprint density at radius 2 is 1.95 bits per heavy atom. The van der Waals surface area contributed by atoms with Gasteiger partial charge in [-0.2, -0.15) is 0 Å². The Kier molecular flexibility index (Phi) is 4.61. The van der Waals surface area contributed by atoms with Gasteiger partial charge in [0, 0.05) is 13.1 Å². The smallest absolute Gasteiger partial charge is 0.255 e. The Bertz CT molecular complexity index is 508. The number of hydrogen-bond donors (Lipinski definition) is 2. The van der Waals surface area contributed by atoms with Crippen LogP contribution in [-0.2, 0) is 4.79 Å². The lowest BCUT2D eigenvalue weighted by molar-refractivity contribution is -0.130. The number of amides is 2. The van der Waals surface area contributed by atoms with Crippen molar-refractivity contribution in [2.45, 2.75) is 26.2 Å². The molecule has 1 aliphatic heterocycles. The lowest BCUT2D eigenvalue weighted by atomic mass is 10.1. The van der Waals surface area contributed by atoms with Crippen molar-refractivity contribution in [3.8, 4) is 5.75 Å². The summed E-state index contributed by atoms with van der Waals surface area (Å²) in [6, 6.07) is 4.84. The van der Waals surface area contributed by atoms with Crippen molar-refractivity contribution in [3.05, 3.63) is 29.3 Å². The molecule has 0 aromatic heterocycles. The zero-order chi connectivity index (χ0) is 14.5. The first-order valence-electron chi connectivity index (χ1n) is 6.93. The topological polar surface area (TPSA) is 69.6 Å². The van der Waals surface area contributed by atoms with Crippen LogP contribution in [0.1, 0.15) is 35.2 Å². The number of aromatic hydroxyl groups is 1. The number of hydrogen-bond acceptors (Lipinski definition) is 3. The minimum Gasteiger partial charge on any atom is -0.507 e. The zero-order valence-electron chi connectivity index (χ0n) is 11.7. The molecule has 0 spiro atoms. The lowest BCUT2D eigenvalue weighted by Crippen LogP contribution is -2.42. The molecule has 2 amide bonds. The number of piperidine rings is 1. The van der Waals surface area contributed by atoms with Gasteiger partial charge in [0.05, 0.1) is 12.1 Å². The van der Waals surface area contributed by atoms with Crippen molar-refractivity contribution in [2.75, 3.05) is 19.6 Å². The summed E-state index contributed by atoms with van der Waals surface area (Å²) in [6.07, 6.45) is 3.21. The van der Waals surface area contributed by atoms with Gasteiger partial charge in [-0.15, -0.1) is 0 Å². The van der Waals surface area contributed by atoms with Gasteiger partial charge in [-0.3, -0.25) is 9.59 Å². The third-order valence-electron chi connectivity index (χ3n) is 3.51. The highest BCUT2D eigenvalue weighted by molar-refractivity contribution is 5.98. The number of phenolic OH excluding ortho intramolecular Hbond substituents is 1. The third-order valence-corrected chi connectivity index (χ3v) is 3.51. The zero-order valence-corrected chi connectivity index (χ0v) is 11.7. The second-order valence-electron chi connectivity index (χ2n) is 5.14. The Labute approximate surface area is 118 Å². The normalized spacial score (nSPS) is 14.9. The van der Waals surface area contributed by atoms with E-state index in [-0.39, 0.29) is 23.8 Å². The fourth-order valence-electron chi connectivity index (χ4n) is 2.34. The second-order valence-corrected chi connectivity index (χ2v) is 5.14. The fraction of sp³-hybridized carbons (Fsp3) is 0.467. The van der Waals surface area contributed by atoms with E-state index in [1.54, 1.807) is 17.0 Å². The minimum absolute atomic E-state index is 0.0217. The van der Waals surface area contributed by atoms with Crippen LogP contribution in [0.4, 0.5) is 0 Å². The van der Waals surface area contributed by atoms with Crippen LogP contribution in [0.2, 0.25) is 0 Å². The van der Waals surface area contributed by atoms with Crippen LogP contribution < -0.4 is 5.32 Å². The molecule has 0 unspecified atom stereocenters. The number of nitrogens with one attached hydrogen (secondary N) is 1. The molecule has 2 rings (SSSR count). The van der Waals surface area contributed by atoms with E-state index in [9.17, 15) is 14.7 Å². The van der Waals surface area contributed by atoms with E-state index in [1.807, 2.05) is 6.92 Å². The first-order chi connectivity index (χ1) is 9.58. The summed E-state index contributed by atoms with van der Waals surface area (Å²) in [6.45, 7) is 3.35. The summed E-state index contributed by atoms with van der Waals surface area (Å²) in [5.74, 6) is -0.551. The van der Waals surface area contributed by atoms with E-state index in [2.05, 4.69) is 5.32 Å². The van der Waals surface area contributed by atoms with Crippen LogP contribution in [0, 0.1) is 6.92 Å². The summed E-state index contributed by atoms with van der Waals surface area (Å²) in [5, 5.41) is 12.3. The van der Waals surface area contributed by atoms with E-state index in [1.165, 1.54) is 6.07 Å². The predicted octanol–water partition coefficient (Wildman–Crippen LogP) is 1.44. The lowest BCUT2D eigenvalue weighted by Gasteiger charge is -2.26. The largest absolute Gasteiger partial charge is 0.507 e. The van der Waals surface area contributed by atoms with Crippen molar-refractivity contribution in [3.63, 3.8) is 0 Å². The molecule has 0 aliphatic carbocycles. The van der Waals surface area contributed by atoms with Gasteiger partial charge < -0.3 is 15.3 Å². The average molecular weight is 276 g/mol. The van der Waals surface area contributed by atoms with Crippen LogP contribution in [0.15, 0.2) is 18.2 Å². The van der Waals surface area contributed by atoms with Gasteiger partial charge in [-0.25, -0.2) is 0 Å². The molecule has 1 aromatic carbocycles. The van der Waals surface area contributed by atoms with E-state index in [0.717, 1.165) is 37.9 Å². The van der Waals surface area contributed by atoms with Crippen LogP contribution in [0.3, 0.4) is 0 Å². The SMILES string of the molecule is Cc1ccc(C(=O)NCC(=O)N2CCCCC2)c(O)c1. The molecule has 0 saturated carbocycles. The molecular formula is C15H20N2O3. The standard InChI is InChI=1S/C15H20N2O3/c1-11-5-6-12(13(18)9-11)15(20)16-10-14(19)17-7-3-2-4-8-17/h5-6,9,18H,2-4,7-8,10H2,1H3,(H,16,20). The molecule has 2 N–H and O–H groups in total. The molecule has 0 bridgehead atoms. The number of carbonyl (C=O) groups is 2. The molecule has 1 saturated heterocycles. The van der Waals surface area contributed by atoms with Crippen molar-refractivity contribution in [2.24, 2.45) is 0 Å². The number of benzene rings is 1. The van der Waals surface area contributed by atoms with Crippen LogP contribution in [-0.4, -0.2) is 41.5 Å². The van der Waals surface area contributed by atoms with Crippen molar-refractivity contribution < 1.29 is 14.7 Å². The highest BCUT2D eigenvalue weighted by atomic mass is 16.3. The highest BCUT2D eigenvalue weighted by Crippen LogP contribution is 2.18. The van der Waals surface area contributed by atoms with Gasteiger partial charge in [0.1, 0.15) is 5.75 Å². The summed E-state index contributed by atoms with van der Waals surface area (Å²) < 4.78 is 0. The highest BCUT2D eigenvalue weighted by Gasteiger charge is 2.18. The minimum atomic E-state index is -0.423. The Hall–Kier alpha value is -2.04. The fourth-order valence-corrected chi connectivity index (χ4v) is 2.34. The monoisotopic (exact) mass is 276 g/mol. The number of aryl methyl sites for hydroxylation is 1. The average Bonchev–Trinajstić information content (AvgIpc) is 2.45. The first kappa shape index (κ1) is 14.4. The molecule has 5 nitrogen and oxygen atoms in total. The summed E-state index contributed by atoms with van der Waals surface area (Å²) in [5.41, 5.74) is 1.07. The Morgan fingerprint density at radius 1 is 1.25 bits per heavy atom. The molecule has 20 heavy (non-hydrogen) atoms. The maximum absolute atomic E-state index is 11.9. The number of phenols is 1. The van der Waals surface area contributed by atoms with Crippen molar-refractivity contribution in [1.82, 2.24) is 10.2 Å². The Balaban J connectivity index is 1.89. The summed E-state index contributed by atoms with van der Waals surface area (Å²) >= 11 is 0. The number of carbonyl (C=O) groups excluding carboxylic acids is 2. The molecule has 0 atom stereocenters. The van der Waals surface area contributed by atoms with E-state index in [4.69, 9.17) is 0 Å². The summed E-state index contributed by atoms with van der Waals surface area (Å²) in [4.78, 5) is 25.6. The number of nitrogens with zero attached hydrogens (tertiary/aromatic N) is 1. The van der Waals surface area contributed by atoms with Gasteiger partial charge in [-0.05, 0) is 43.9 Å². The first-order valence-corrected chi connectivity index (χ1v) is 6.93. The molecule has 1 aliphatic rings. The Morgan fingerprint density at radius 3 is 2.60 bits per heavy atom. The van der Waals surface area contributed by atoms with Crippen molar-refractivity contribution in [1.29, 1.82) is 0 Å². The van der Waals surface area contributed by atoms with Crippen LogP contribution in [0.25, 0.3) is 0 Å². The van der Waals surface area contributed by atoms with Gasteiger partial charge in [-0.1, -0.05) is 6.07 Å². The molecule has 0 radical (unpaired) electrons. The third kappa shape index (κ3) is 3.50. The van der Waals surface area contributed by atoms with Crippen LogP contribution in [0.5, 0.6) is 5.75 Å². The van der Waals surface area contributed by atoms with Crippen LogP contribution >= 0.6 is 0 Å². The maximum atomic E-state index is 11.9. The van der Waals surface area contributed by atoms with Gasteiger partial charge >= 0.3 is 0 Å². The number of rotatable bonds is 3. The molecule has 1 aromatic rings. The second kappa shape index (κ2) is 6.41. The van der Waals surface area contributed by atoms with Gasteiger partial charge in [0.15, 0.2) is 0 Å². The van der Waals surface area contributed by atoms with Crippen molar-refractivity contribution >= 4 is 11.8 Å². The number of likely N-dealkylation sites (tertiary alicyclic amines) is 1. The molecule has 1 heterocycles. The van der Waals surface area contributed by atoms with E-state index in [0.29, 0.717) is 0 Å². The molecule has 108 valence electrons. The van der Waals surface area contributed by atoms with Gasteiger partial charge in [0.25, 0.3) is 5.91 Å². The molecule has 5 heteroatoms. The quantitative estimate of drug-likeness (QED) is 0.877.